The number of pyridine rings is 1. The highest BCUT2D eigenvalue weighted by Gasteiger charge is 2.21. The molecule has 1 saturated heterocycles. The van der Waals surface area contributed by atoms with Gasteiger partial charge in [-0.3, -0.25) is 14.5 Å². The minimum absolute atomic E-state index is 0.0814. The van der Waals surface area contributed by atoms with Crippen molar-refractivity contribution >= 4 is 22.6 Å². The molecule has 0 unspecified atom stereocenters. The molecule has 4 rings (SSSR count). The maximum atomic E-state index is 14.7. The average Bonchev–Trinajstić information content (AvgIpc) is 2.82. The van der Waals surface area contributed by atoms with E-state index in [1.54, 1.807) is 27.2 Å². The van der Waals surface area contributed by atoms with Gasteiger partial charge in [0.05, 0.1) is 23.8 Å². The quantitative estimate of drug-likeness (QED) is 0.584. The molecule has 1 aromatic carbocycles. The number of nitrogens with zero attached hydrogens (tertiary/aromatic N) is 4. The molecule has 31 heavy (non-hydrogen) atoms. The third kappa shape index (κ3) is 4.33. The van der Waals surface area contributed by atoms with Crippen LogP contribution < -0.4 is 20.5 Å². The van der Waals surface area contributed by atoms with Crippen LogP contribution in [-0.4, -0.2) is 66.0 Å². The van der Waals surface area contributed by atoms with Crippen LogP contribution in [0.4, 0.5) is 10.1 Å². The molecule has 3 aromatic rings. The van der Waals surface area contributed by atoms with Gasteiger partial charge in [0.1, 0.15) is 5.69 Å². The summed E-state index contributed by atoms with van der Waals surface area (Å²) in [6.45, 7) is -3.53. The summed E-state index contributed by atoms with van der Waals surface area (Å²) >= 11 is 0. The monoisotopic (exact) mass is 431 g/mol. The number of H-pyrrole nitrogens is 1. The Morgan fingerprint density at radius 2 is 2.10 bits per heavy atom. The molecule has 1 aliphatic rings. The first-order valence-electron chi connectivity index (χ1n) is 12.0. The maximum absolute atomic E-state index is 14.7. The van der Waals surface area contributed by atoms with Crippen LogP contribution in [0.15, 0.2) is 35.1 Å². The number of aromatic amines is 1. The lowest BCUT2D eigenvalue weighted by atomic mass is 10.1. The summed E-state index contributed by atoms with van der Waals surface area (Å²) in [5.74, 6) is -2.02. The van der Waals surface area contributed by atoms with Crippen LogP contribution in [-0.2, 0) is 6.50 Å². The number of rotatable bonds is 5. The Balaban J connectivity index is 1.47. The Bertz CT molecular complexity index is 1360. The van der Waals surface area contributed by atoms with E-state index in [0.717, 1.165) is 0 Å². The van der Waals surface area contributed by atoms with Gasteiger partial charge >= 0.3 is 5.56 Å². The molecule has 162 valence electrons. The van der Waals surface area contributed by atoms with Crippen molar-refractivity contribution < 1.29 is 20.8 Å². The highest BCUT2D eigenvalue weighted by atomic mass is 19.1. The van der Waals surface area contributed by atoms with Crippen molar-refractivity contribution in [2.24, 2.45) is 0 Å². The Morgan fingerprint density at radius 3 is 2.81 bits per heavy atom. The number of nitrogens with one attached hydrogen (secondary N) is 2. The van der Waals surface area contributed by atoms with Crippen LogP contribution in [0.2, 0.25) is 0 Å². The molecule has 9 nitrogen and oxygen atoms in total. The number of carbonyl (C=O) groups excluding carboxylic acids is 1. The van der Waals surface area contributed by atoms with Crippen LogP contribution in [0, 0.1) is 5.95 Å². The number of methoxy groups -OCH3 is 1. The number of benzene rings is 1. The number of piperazine rings is 1. The molecule has 10 heteroatoms. The standard InChI is InChI=1S/C21H23FN6O3/c1-23-19(29)15-5-6-17(18(22)24-15)28-9-7-27(8-10-28)12-13-3-4-14-16(11-13)25-20(30)21(26-14)31-2/h3-6,11H,7-10,12H2,1-2H3,(H,23,29)(H,25,30)/i1D3,12D2. The van der Waals surface area contributed by atoms with Crippen molar-refractivity contribution in [2.45, 2.75) is 6.50 Å². The first-order valence-corrected chi connectivity index (χ1v) is 9.46. The number of fused-ring (bicyclic) bond motifs is 1. The van der Waals surface area contributed by atoms with Crippen LogP contribution in [0.25, 0.3) is 11.0 Å². The lowest BCUT2D eigenvalue weighted by Crippen LogP contribution is -2.46. The maximum Gasteiger partial charge on any atom is 0.311 e. The Labute approximate surface area is 184 Å². The van der Waals surface area contributed by atoms with E-state index in [1.165, 1.54) is 25.3 Å². The molecule has 0 atom stereocenters. The summed E-state index contributed by atoms with van der Waals surface area (Å²) in [5.41, 5.74) is 0.400. The lowest BCUT2D eigenvalue weighted by molar-refractivity contribution is 0.0957. The Morgan fingerprint density at radius 1 is 1.29 bits per heavy atom. The highest BCUT2D eigenvalue weighted by Crippen LogP contribution is 2.21. The minimum atomic E-state index is -2.72. The molecule has 1 aliphatic heterocycles. The zero-order chi connectivity index (χ0) is 26.3. The topological polar surface area (TPSA) is 103 Å². The summed E-state index contributed by atoms with van der Waals surface area (Å²) in [7, 11) is 1.34. The molecule has 0 aliphatic carbocycles. The van der Waals surface area contributed by atoms with Crippen molar-refractivity contribution in [3.8, 4) is 5.88 Å². The summed E-state index contributed by atoms with van der Waals surface area (Å²) in [6, 6.07) is 7.31. The van der Waals surface area contributed by atoms with E-state index in [9.17, 15) is 14.0 Å². The number of anilines is 1. The molecule has 0 radical (unpaired) electrons. The molecular weight excluding hydrogens is 403 g/mol. The third-order valence-electron chi connectivity index (χ3n) is 4.94. The molecule has 1 amide bonds. The molecule has 0 bridgehead atoms. The smallest absolute Gasteiger partial charge is 0.311 e. The van der Waals surface area contributed by atoms with Crippen LogP contribution in [0.3, 0.4) is 0 Å². The van der Waals surface area contributed by atoms with Crippen molar-refractivity contribution in [3.05, 3.63) is 57.9 Å². The molecule has 2 aromatic heterocycles. The summed E-state index contributed by atoms with van der Waals surface area (Å²) in [5, 5.41) is 1.76. The Hall–Kier alpha value is -3.53. The number of halogens is 1. The fraction of sp³-hybridized carbons (Fsp3) is 0.333. The van der Waals surface area contributed by atoms with E-state index in [0.29, 0.717) is 16.6 Å². The highest BCUT2D eigenvalue weighted by molar-refractivity contribution is 5.92. The second-order valence-corrected chi connectivity index (χ2v) is 6.85. The van der Waals surface area contributed by atoms with Gasteiger partial charge in [-0.25, -0.2) is 9.97 Å². The second-order valence-electron chi connectivity index (χ2n) is 6.85. The van der Waals surface area contributed by atoms with E-state index in [2.05, 4.69) is 15.0 Å². The summed E-state index contributed by atoms with van der Waals surface area (Å²) < 4.78 is 58.2. The normalized spacial score (nSPS) is 17.9. The minimum Gasteiger partial charge on any atom is -0.477 e. The third-order valence-corrected chi connectivity index (χ3v) is 4.94. The van der Waals surface area contributed by atoms with Crippen LogP contribution in [0.1, 0.15) is 22.9 Å². The van der Waals surface area contributed by atoms with Crippen molar-refractivity contribution in [1.82, 2.24) is 25.2 Å². The van der Waals surface area contributed by atoms with Gasteiger partial charge in [0.15, 0.2) is 0 Å². The van der Waals surface area contributed by atoms with Gasteiger partial charge in [-0.05, 0) is 29.8 Å². The summed E-state index contributed by atoms with van der Waals surface area (Å²) in [6.07, 6.45) is 0. The fourth-order valence-electron chi connectivity index (χ4n) is 3.37. The Kier molecular flexibility index (Phi) is 4.29. The zero-order valence-corrected chi connectivity index (χ0v) is 16.6. The van der Waals surface area contributed by atoms with E-state index >= 15 is 0 Å². The summed E-state index contributed by atoms with van der Waals surface area (Å²) in [4.78, 5) is 37.6. The zero-order valence-electron chi connectivity index (χ0n) is 21.6. The first kappa shape index (κ1) is 15.3. The number of carbonyl (C=O) groups is 1. The largest absolute Gasteiger partial charge is 0.477 e. The lowest BCUT2D eigenvalue weighted by Gasteiger charge is -2.36. The van der Waals surface area contributed by atoms with Gasteiger partial charge < -0.3 is 19.9 Å². The predicted octanol–water partition coefficient (Wildman–Crippen LogP) is 1.15. The molecule has 3 heterocycles. The second kappa shape index (κ2) is 8.68. The van der Waals surface area contributed by atoms with E-state index in [4.69, 9.17) is 11.6 Å². The number of hydrogen-bond donors (Lipinski definition) is 2. The van der Waals surface area contributed by atoms with Gasteiger partial charge in [-0.1, -0.05) is 6.07 Å². The number of aromatic nitrogens is 3. The number of hydrogen-bond acceptors (Lipinski definition) is 7. The molecular formula is C21H23FN6O3. The number of ether oxygens (including phenoxy) is 1. The van der Waals surface area contributed by atoms with E-state index < -0.39 is 30.9 Å². The average molecular weight is 431 g/mol. The number of amides is 1. The van der Waals surface area contributed by atoms with Crippen LogP contribution in [0.5, 0.6) is 5.88 Å². The molecule has 0 saturated carbocycles. The van der Waals surface area contributed by atoms with Crippen molar-refractivity contribution in [2.75, 3.05) is 45.2 Å². The first-order chi connectivity index (χ1) is 16.9. The molecule has 1 fully saturated rings. The SMILES string of the molecule is [2H]C([2H])([2H])NC(=O)c1ccc(N2CCN(C([2H])([2H])c3ccc4nc(OC)c(=O)[nH]c4c3)CC2)c(F)n1. The predicted molar refractivity (Wildman–Crippen MR) is 114 cm³/mol. The van der Waals surface area contributed by atoms with Gasteiger partial charge in [-0.15, -0.1) is 0 Å². The van der Waals surface area contributed by atoms with E-state index in [1.807, 2.05) is 0 Å². The van der Waals surface area contributed by atoms with Gasteiger partial charge in [0.2, 0.25) is 5.95 Å². The van der Waals surface area contributed by atoms with Crippen LogP contribution >= 0.6 is 0 Å². The van der Waals surface area contributed by atoms with Gasteiger partial charge in [-0.2, -0.15) is 4.39 Å². The molecule has 2 N–H and O–H groups in total. The van der Waals surface area contributed by atoms with Gasteiger partial charge in [0, 0.05) is 46.5 Å². The van der Waals surface area contributed by atoms with Crippen molar-refractivity contribution in [1.29, 1.82) is 0 Å². The van der Waals surface area contributed by atoms with Gasteiger partial charge in [0.25, 0.3) is 11.8 Å². The fourth-order valence-corrected chi connectivity index (χ4v) is 3.37. The van der Waals surface area contributed by atoms with E-state index in [-0.39, 0.29) is 43.4 Å². The molecule has 0 spiro atoms. The van der Waals surface area contributed by atoms with Crippen molar-refractivity contribution in [3.63, 3.8) is 0 Å².